The van der Waals surface area contributed by atoms with E-state index in [1.807, 2.05) is 14.1 Å². The molecule has 6 heteroatoms. The summed E-state index contributed by atoms with van der Waals surface area (Å²) in [6.45, 7) is 0. The quantitative estimate of drug-likeness (QED) is 0.735. The van der Waals surface area contributed by atoms with Crippen LogP contribution in [0, 0.1) is 0 Å². The lowest BCUT2D eigenvalue weighted by molar-refractivity contribution is 0.491. The van der Waals surface area contributed by atoms with E-state index in [0.717, 1.165) is 0 Å². The summed E-state index contributed by atoms with van der Waals surface area (Å²) in [4.78, 5) is 7.80. The predicted molar refractivity (Wildman–Crippen MR) is 51.5 cm³/mol. The molecule has 1 rings (SSSR count). The Balaban J connectivity index is 2.92. The van der Waals surface area contributed by atoms with Gasteiger partial charge in [0.1, 0.15) is 16.6 Å². The van der Waals surface area contributed by atoms with Gasteiger partial charge in [0.15, 0.2) is 5.82 Å². The van der Waals surface area contributed by atoms with Gasteiger partial charge in [-0.15, -0.1) is 0 Å². The number of nitrogens with one attached hydrogen (secondary N) is 1. The molecule has 0 aliphatic heterocycles. The van der Waals surface area contributed by atoms with Gasteiger partial charge in [-0.1, -0.05) is 0 Å². The Kier molecular flexibility index (Phi) is 2.83. The summed E-state index contributed by atoms with van der Waals surface area (Å²) in [5.74, 6) is 1.09. The number of aromatic nitrogens is 2. The van der Waals surface area contributed by atoms with Gasteiger partial charge >= 0.3 is 0 Å². The van der Waals surface area contributed by atoms with Crippen molar-refractivity contribution in [2.24, 2.45) is 0 Å². The molecule has 5 nitrogen and oxygen atoms in total. The number of nitrogens with zero attached hydrogens (tertiary/aromatic N) is 3. The highest BCUT2D eigenvalue weighted by atomic mass is 79.9. The summed E-state index contributed by atoms with van der Waals surface area (Å²) in [6, 6.07) is 0. The third-order valence-corrected chi connectivity index (χ3v) is 1.93. The largest absolute Gasteiger partial charge is 0.383 e. The molecule has 0 unspecified atom stereocenters. The van der Waals surface area contributed by atoms with Gasteiger partial charge in [-0.25, -0.2) is 15.0 Å². The fraction of sp³-hybridized carbons (Fsp3) is 0.333. The van der Waals surface area contributed by atoms with E-state index in [-0.39, 0.29) is 0 Å². The van der Waals surface area contributed by atoms with Crippen molar-refractivity contribution in [2.75, 3.05) is 25.3 Å². The van der Waals surface area contributed by atoms with Crippen LogP contribution < -0.4 is 11.2 Å². The van der Waals surface area contributed by atoms with E-state index in [0.29, 0.717) is 16.1 Å². The monoisotopic (exact) mass is 231 g/mol. The topological polar surface area (TPSA) is 67.1 Å². The van der Waals surface area contributed by atoms with Crippen molar-refractivity contribution >= 4 is 27.6 Å². The van der Waals surface area contributed by atoms with Gasteiger partial charge in [0.25, 0.3) is 0 Å². The van der Waals surface area contributed by atoms with Crippen LogP contribution in [0.2, 0.25) is 0 Å². The van der Waals surface area contributed by atoms with Crippen LogP contribution in [0.5, 0.6) is 0 Å². The zero-order valence-electron chi connectivity index (χ0n) is 6.87. The first-order valence-corrected chi connectivity index (χ1v) is 4.10. The van der Waals surface area contributed by atoms with Gasteiger partial charge in [0.05, 0.1) is 0 Å². The molecule has 0 saturated carbocycles. The maximum absolute atomic E-state index is 5.54. The molecule has 12 heavy (non-hydrogen) atoms. The number of hydrazine groups is 1. The highest BCUT2D eigenvalue weighted by molar-refractivity contribution is 9.10. The maximum Gasteiger partial charge on any atom is 0.160 e. The Labute approximate surface area is 79.1 Å². The van der Waals surface area contributed by atoms with Gasteiger partial charge in [-0.2, -0.15) is 0 Å². The number of hydrogen-bond donors (Lipinski definition) is 2. The SMILES string of the molecule is CN(C)Nc1ncnc(N)c1Br. The van der Waals surface area contributed by atoms with E-state index in [2.05, 4.69) is 31.3 Å². The van der Waals surface area contributed by atoms with Crippen molar-refractivity contribution in [3.8, 4) is 0 Å². The van der Waals surface area contributed by atoms with Crippen LogP contribution in [0.1, 0.15) is 0 Å². The van der Waals surface area contributed by atoms with Crippen LogP contribution in [0.15, 0.2) is 10.8 Å². The van der Waals surface area contributed by atoms with E-state index in [9.17, 15) is 0 Å². The molecule has 0 bridgehead atoms. The van der Waals surface area contributed by atoms with E-state index in [4.69, 9.17) is 5.73 Å². The van der Waals surface area contributed by atoms with Gasteiger partial charge in [0, 0.05) is 14.1 Å². The second-order valence-corrected chi connectivity index (χ2v) is 3.22. The molecule has 0 aliphatic carbocycles. The average molecular weight is 232 g/mol. The average Bonchev–Trinajstić information content (AvgIpc) is 1.98. The molecule has 1 aromatic heterocycles. The normalized spacial score (nSPS) is 10.3. The molecular weight excluding hydrogens is 222 g/mol. The second kappa shape index (κ2) is 3.68. The van der Waals surface area contributed by atoms with E-state index >= 15 is 0 Å². The van der Waals surface area contributed by atoms with Gasteiger partial charge in [-0.05, 0) is 15.9 Å². The molecule has 0 atom stereocenters. The fourth-order valence-corrected chi connectivity index (χ4v) is 0.967. The summed E-state index contributed by atoms with van der Waals surface area (Å²) in [5.41, 5.74) is 8.51. The molecule has 0 fully saturated rings. The third kappa shape index (κ3) is 2.05. The molecule has 0 saturated heterocycles. The Bertz CT molecular complexity index is 275. The van der Waals surface area contributed by atoms with Crippen molar-refractivity contribution in [3.05, 3.63) is 10.8 Å². The lowest BCUT2D eigenvalue weighted by Crippen LogP contribution is -2.21. The third-order valence-electron chi connectivity index (χ3n) is 1.15. The number of rotatable bonds is 2. The minimum Gasteiger partial charge on any atom is -0.383 e. The lowest BCUT2D eigenvalue weighted by Gasteiger charge is -2.13. The highest BCUT2D eigenvalue weighted by Gasteiger charge is 2.04. The Morgan fingerprint density at radius 1 is 1.50 bits per heavy atom. The van der Waals surface area contributed by atoms with Gasteiger partial charge in [0.2, 0.25) is 0 Å². The highest BCUT2D eigenvalue weighted by Crippen LogP contribution is 2.23. The molecule has 1 heterocycles. The van der Waals surface area contributed by atoms with Crippen LogP contribution in [0.4, 0.5) is 11.6 Å². The minimum absolute atomic E-state index is 0.425. The zero-order chi connectivity index (χ0) is 9.14. The van der Waals surface area contributed by atoms with E-state index in [1.54, 1.807) is 5.01 Å². The first kappa shape index (κ1) is 9.21. The van der Waals surface area contributed by atoms with Crippen LogP contribution in [0.3, 0.4) is 0 Å². The van der Waals surface area contributed by atoms with Crippen LogP contribution >= 0.6 is 15.9 Å². The predicted octanol–water partition coefficient (Wildman–Crippen LogP) is 0.710. The summed E-state index contributed by atoms with van der Waals surface area (Å²) in [6.07, 6.45) is 1.41. The lowest BCUT2D eigenvalue weighted by atomic mass is 10.5. The summed E-state index contributed by atoms with van der Waals surface area (Å²) < 4.78 is 0.679. The number of hydrogen-bond acceptors (Lipinski definition) is 5. The summed E-state index contributed by atoms with van der Waals surface area (Å²) >= 11 is 3.27. The van der Waals surface area contributed by atoms with E-state index < -0.39 is 0 Å². The first-order chi connectivity index (χ1) is 5.61. The molecular formula is C6H10BrN5. The number of nitrogens with two attached hydrogens (primary N) is 1. The number of halogens is 1. The zero-order valence-corrected chi connectivity index (χ0v) is 8.46. The van der Waals surface area contributed by atoms with Crippen LogP contribution in [-0.2, 0) is 0 Å². The number of anilines is 2. The van der Waals surface area contributed by atoms with Crippen molar-refractivity contribution in [1.29, 1.82) is 0 Å². The van der Waals surface area contributed by atoms with E-state index in [1.165, 1.54) is 6.33 Å². The fourth-order valence-electron chi connectivity index (χ4n) is 0.673. The molecule has 0 spiro atoms. The molecule has 0 aromatic carbocycles. The molecule has 1 aromatic rings. The first-order valence-electron chi connectivity index (χ1n) is 3.31. The van der Waals surface area contributed by atoms with Crippen LogP contribution in [-0.4, -0.2) is 29.1 Å². The second-order valence-electron chi connectivity index (χ2n) is 2.43. The van der Waals surface area contributed by atoms with Crippen LogP contribution in [0.25, 0.3) is 0 Å². The molecule has 66 valence electrons. The molecule has 0 radical (unpaired) electrons. The van der Waals surface area contributed by atoms with Gasteiger partial charge in [-0.3, -0.25) is 0 Å². The van der Waals surface area contributed by atoms with Crippen molar-refractivity contribution in [3.63, 3.8) is 0 Å². The molecule has 3 N–H and O–H groups in total. The molecule has 0 amide bonds. The van der Waals surface area contributed by atoms with Crippen molar-refractivity contribution < 1.29 is 0 Å². The Hall–Kier alpha value is -0.880. The summed E-state index contributed by atoms with van der Waals surface area (Å²) in [5, 5.41) is 1.77. The molecule has 0 aliphatic rings. The Morgan fingerprint density at radius 2 is 2.17 bits per heavy atom. The maximum atomic E-state index is 5.54. The standard InChI is InChI=1S/C6H10BrN5/c1-12(2)11-6-4(7)5(8)9-3-10-6/h3H,1-2H3,(H3,8,9,10,11). The Morgan fingerprint density at radius 3 is 2.75 bits per heavy atom. The number of nitrogen functional groups attached to an aromatic ring is 1. The van der Waals surface area contributed by atoms with Gasteiger partial charge < -0.3 is 11.2 Å². The smallest absolute Gasteiger partial charge is 0.160 e. The minimum atomic E-state index is 0.425. The van der Waals surface area contributed by atoms with Crippen molar-refractivity contribution in [2.45, 2.75) is 0 Å². The van der Waals surface area contributed by atoms with Crippen molar-refractivity contribution in [1.82, 2.24) is 15.0 Å². The summed E-state index contributed by atoms with van der Waals surface area (Å²) in [7, 11) is 3.73.